The summed E-state index contributed by atoms with van der Waals surface area (Å²) < 4.78 is 5.38. The lowest BCUT2D eigenvalue weighted by atomic mass is 10.2. The van der Waals surface area contributed by atoms with Gasteiger partial charge in [0, 0.05) is 10.9 Å². The van der Waals surface area contributed by atoms with E-state index in [4.69, 9.17) is 4.74 Å². The van der Waals surface area contributed by atoms with Gasteiger partial charge in [-0.05, 0) is 36.4 Å². The van der Waals surface area contributed by atoms with Crippen LogP contribution in [0.5, 0.6) is 5.75 Å². The van der Waals surface area contributed by atoms with Crippen molar-refractivity contribution in [2.75, 3.05) is 17.7 Å². The van der Waals surface area contributed by atoms with E-state index in [0.29, 0.717) is 27.7 Å². The van der Waals surface area contributed by atoms with Crippen LogP contribution in [0.3, 0.4) is 0 Å². The lowest BCUT2D eigenvalue weighted by molar-refractivity contribution is 0.101. The maximum Gasteiger partial charge on any atom is 0.275 e. The van der Waals surface area contributed by atoms with E-state index in [2.05, 4.69) is 15.6 Å². The minimum absolute atomic E-state index is 0.255. The van der Waals surface area contributed by atoms with Crippen LogP contribution in [0.4, 0.5) is 11.4 Å². The highest BCUT2D eigenvalue weighted by Gasteiger charge is 2.16. The van der Waals surface area contributed by atoms with Gasteiger partial charge in [0.25, 0.3) is 11.8 Å². The number of amides is 2. The molecule has 154 valence electrons. The molecule has 3 aromatic carbocycles. The summed E-state index contributed by atoms with van der Waals surface area (Å²) >= 11 is 1.36. The summed E-state index contributed by atoms with van der Waals surface area (Å²) in [5.41, 5.74) is 2.64. The molecule has 31 heavy (non-hydrogen) atoms. The number of carbonyl (C=O) groups excluding carboxylic acids is 2. The highest BCUT2D eigenvalue weighted by atomic mass is 32.1. The molecule has 0 aliphatic rings. The van der Waals surface area contributed by atoms with E-state index in [-0.39, 0.29) is 17.5 Å². The lowest BCUT2D eigenvalue weighted by Gasteiger charge is -2.11. The van der Waals surface area contributed by atoms with E-state index in [1.165, 1.54) is 11.3 Å². The molecule has 0 aliphatic heterocycles. The van der Waals surface area contributed by atoms with Crippen LogP contribution in [0.2, 0.25) is 0 Å². The Balaban J connectivity index is 1.52. The van der Waals surface area contributed by atoms with Gasteiger partial charge in [0.1, 0.15) is 16.5 Å². The maximum absolute atomic E-state index is 12.8. The zero-order valence-corrected chi connectivity index (χ0v) is 17.5. The largest absolute Gasteiger partial charge is 0.496 e. The van der Waals surface area contributed by atoms with Gasteiger partial charge in [0.2, 0.25) is 0 Å². The van der Waals surface area contributed by atoms with Gasteiger partial charge in [-0.15, -0.1) is 11.3 Å². The number of carbonyl (C=O) groups is 2. The zero-order chi connectivity index (χ0) is 21.6. The van der Waals surface area contributed by atoms with Gasteiger partial charge < -0.3 is 15.4 Å². The molecule has 0 fully saturated rings. The topological polar surface area (TPSA) is 80.3 Å². The number of methoxy groups -OCH3 is 1. The Bertz CT molecular complexity index is 1220. The standard InChI is InChI=1S/C24H19N3O3S/c1-30-21-14-8-5-11-17(21)24-27-20(15-31-24)23(29)26-19-13-7-6-12-18(19)25-22(28)16-9-3-2-4-10-16/h2-15H,1H3,(H,25,28)(H,26,29). The molecule has 0 unspecified atom stereocenters. The Morgan fingerprint density at radius 1 is 0.806 bits per heavy atom. The number of benzene rings is 3. The van der Waals surface area contributed by atoms with Gasteiger partial charge in [-0.3, -0.25) is 9.59 Å². The van der Waals surface area contributed by atoms with Crippen molar-refractivity contribution in [3.05, 3.63) is 95.5 Å². The van der Waals surface area contributed by atoms with Crippen molar-refractivity contribution in [1.82, 2.24) is 4.98 Å². The van der Waals surface area contributed by atoms with Crippen LogP contribution in [-0.4, -0.2) is 23.9 Å². The monoisotopic (exact) mass is 429 g/mol. The number of rotatable bonds is 6. The van der Waals surface area contributed by atoms with Crippen LogP contribution in [0.25, 0.3) is 10.6 Å². The second-order valence-electron chi connectivity index (χ2n) is 6.56. The van der Waals surface area contributed by atoms with E-state index in [9.17, 15) is 9.59 Å². The molecule has 0 aliphatic carbocycles. The van der Waals surface area contributed by atoms with Crippen molar-refractivity contribution >= 4 is 34.5 Å². The van der Waals surface area contributed by atoms with E-state index < -0.39 is 0 Å². The summed E-state index contributed by atoms with van der Waals surface area (Å²) in [6.07, 6.45) is 0. The average Bonchev–Trinajstić information content (AvgIpc) is 3.31. The van der Waals surface area contributed by atoms with Gasteiger partial charge in [-0.1, -0.05) is 42.5 Å². The van der Waals surface area contributed by atoms with E-state index >= 15 is 0 Å². The molecule has 0 spiro atoms. The molecule has 0 saturated heterocycles. The molecule has 0 radical (unpaired) electrons. The third kappa shape index (κ3) is 4.62. The Morgan fingerprint density at radius 2 is 1.42 bits per heavy atom. The molecule has 0 atom stereocenters. The van der Waals surface area contributed by atoms with Crippen LogP contribution in [0.1, 0.15) is 20.8 Å². The highest BCUT2D eigenvalue weighted by Crippen LogP contribution is 2.32. The fourth-order valence-corrected chi connectivity index (χ4v) is 3.82. The minimum Gasteiger partial charge on any atom is -0.496 e. The van der Waals surface area contributed by atoms with Gasteiger partial charge >= 0.3 is 0 Å². The molecular weight excluding hydrogens is 410 g/mol. The summed E-state index contributed by atoms with van der Waals surface area (Å²) in [4.78, 5) is 29.8. The third-order valence-electron chi connectivity index (χ3n) is 4.53. The Kier molecular flexibility index (Phi) is 6.05. The van der Waals surface area contributed by atoms with Crippen LogP contribution in [0, 0.1) is 0 Å². The van der Waals surface area contributed by atoms with Crippen molar-refractivity contribution in [3.63, 3.8) is 0 Å². The number of ether oxygens (including phenoxy) is 1. The number of nitrogens with zero attached hydrogens (tertiary/aromatic N) is 1. The minimum atomic E-state index is -0.362. The first kappa shape index (κ1) is 20.3. The predicted octanol–water partition coefficient (Wildman–Crippen LogP) is 5.32. The summed E-state index contributed by atoms with van der Waals surface area (Å²) in [7, 11) is 1.60. The second kappa shape index (κ2) is 9.23. The lowest BCUT2D eigenvalue weighted by Crippen LogP contribution is -2.17. The van der Waals surface area contributed by atoms with Gasteiger partial charge in [0.15, 0.2) is 0 Å². The maximum atomic E-state index is 12.8. The molecule has 0 bridgehead atoms. The SMILES string of the molecule is COc1ccccc1-c1nc(C(=O)Nc2ccccc2NC(=O)c2ccccc2)cs1. The quantitative estimate of drug-likeness (QED) is 0.435. The Morgan fingerprint density at radius 3 is 2.13 bits per heavy atom. The molecule has 6 nitrogen and oxygen atoms in total. The van der Waals surface area contributed by atoms with Crippen molar-refractivity contribution in [2.24, 2.45) is 0 Å². The molecule has 7 heteroatoms. The number of anilines is 2. The molecule has 4 aromatic rings. The average molecular weight is 430 g/mol. The molecule has 1 aromatic heterocycles. The number of hydrogen-bond acceptors (Lipinski definition) is 5. The van der Waals surface area contributed by atoms with Crippen molar-refractivity contribution < 1.29 is 14.3 Å². The summed E-state index contributed by atoms with van der Waals surface area (Å²) in [6, 6.07) is 23.4. The van der Waals surface area contributed by atoms with Gasteiger partial charge in [-0.2, -0.15) is 0 Å². The number of hydrogen-bond donors (Lipinski definition) is 2. The highest BCUT2D eigenvalue weighted by molar-refractivity contribution is 7.13. The number of para-hydroxylation sites is 3. The first-order valence-electron chi connectivity index (χ1n) is 9.51. The molecule has 1 heterocycles. The van der Waals surface area contributed by atoms with Gasteiger partial charge in [-0.25, -0.2) is 4.98 Å². The number of aromatic nitrogens is 1. The molecule has 0 saturated carbocycles. The first-order chi connectivity index (χ1) is 15.2. The molecule has 4 rings (SSSR count). The fraction of sp³-hybridized carbons (Fsp3) is 0.0417. The number of thiazole rings is 1. The number of nitrogens with one attached hydrogen (secondary N) is 2. The smallest absolute Gasteiger partial charge is 0.275 e. The molecule has 2 amide bonds. The molecule has 2 N–H and O–H groups in total. The normalized spacial score (nSPS) is 10.4. The molecular formula is C24H19N3O3S. The van der Waals surface area contributed by atoms with Crippen LogP contribution < -0.4 is 15.4 Å². The van der Waals surface area contributed by atoms with E-state index in [1.54, 1.807) is 61.0 Å². The zero-order valence-electron chi connectivity index (χ0n) is 16.7. The Labute approximate surface area is 183 Å². The summed E-state index contributed by atoms with van der Waals surface area (Å²) in [6.45, 7) is 0. The first-order valence-corrected chi connectivity index (χ1v) is 10.4. The van der Waals surface area contributed by atoms with Crippen LogP contribution >= 0.6 is 11.3 Å². The van der Waals surface area contributed by atoms with Crippen LogP contribution in [0.15, 0.2) is 84.2 Å². The van der Waals surface area contributed by atoms with Crippen molar-refractivity contribution in [3.8, 4) is 16.3 Å². The summed E-state index contributed by atoms with van der Waals surface area (Å²) in [5, 5.41) is 8.06. The predicted molar refractivity (Wildman–Crippen MR) is 123 cm³/mol. The third-order valence-corrected chi connectivity index (χ3v) is 5.41. The van der Waals surface area contributed by atoms with Crippen molar-refractivity contribution in [1.29, 1.82) is 0 Å². The fourth-order valence-electron chi connectivity index (χ4n) is 2.99. The van der Waals surface area contributed by atoms with Crippen LogP contribution in [-0.2, 0) is 0 Å². The second-order valence-corrected chi connectivity index (χ2v) is 7.42. The Hall–Kier alpha value is -3.97. The summed E-state index contributed by atoms with van der Waals surface area (Å²) in [5.74, 6) is 0.0750. The van der Waals surface area contributed by atoms with Gasteiger partial charge in [0.05, 0.1) is 24.0 Å². The van der Waals surface area contributed by atoms with Crippen molar-refractivity contribution in [2.45, 2.75) is 0 Å². The van der Waals surface area contributed by atoms with E-state index in [1.807, 2.05) is 30.3 Å². The van der Waals surface area contributed by atoms with E-state index in [0.717, 1.165) is 5.56 Å².